The van der Waals surface area contributed by atoms with E-state index in [2.05, 4.69) is 16.0 Å². The molecule has 4 rings (SSSR count). The molecular weight excluding hydrogens is 752 g/mol. The number of carbonyl (C=O) groups excluding carboxylic acids is 8. The van der Waals surface area contributed by atoms with Crippen molar-refractivity contribution in [2.45, 2.75) is 101 Å². The number of unbranched alkanes of at least 4 members (excludes halogenated alkanes) is 2. The zero-order valence-corrected chi connectivity index (χ0v) is 32.3. The summed E-state index contributed by atoms with van der Waals surface area (Å²) in [5.41, 5.74) is 5.37. The van der Waals surface area contributed by atoms with Gasteiger partial charge in [0.1, 0.15) is 61.1 Å². The molecule has 0 saturated carbocycles. The summed E-state index contributed by atoms with van der Waals surface area (Å²) < 4.78 is 39.0. The predicted molar refractivity (Wildman–Crippen MR) is 197 cm³/mol. The Kier molecular flexibility index (Phi) is 16.0. The molecule has 19 heteroatoms. The zero-order chi connectivity index (χ0) is 41.8. The van der Waals surface area contributed by atoms with E-state index in [0.29, 0.717) is 25.3 Å². The Morgan fingerprint density at radius 3 is 2.30 bits per heavy atom. The van der Waals surface area contributed by atoms with E-state index in [1.165, 1.54) is 24.9 Å². The monoisotopic (exact) mass is 803 g/mol. The molecule has 312 valence electrons. The number of likely N-dealkylation sites (N-methyl/N-ethyl adjacent to an activating group) is 1. The first-order valence-electron chi connectivity index (χ1n) is 19.1. The molecule has 6 amide bonds. The summed E-state index contributed by atoms with van der Waals surface area (Å²) in [6.45, 7) is 1.63. The maximum atomic E-state index is 14.3. The molecule has 3 saturated heterocycles. The van der Waals surface area contributed by atoms with Gasteiger partial charge >= 0.3 is 11.9 Å². The minimum absolute atomic E-state index is 0.0205. The molecule has 0 aromatic heterocycles. The summed E-state index contributed by atoms with van der Waals surface area (Å²) >= 11 is 0. The fourth-order valence-corrected chi connectivity index (χ4v) is 6.88. The average molecular weight is 804 g/mol. The summed E-state index contributed by atoms with van der Waals surface area (Å²) in [5, 5.41) is 7.57. The second-order valence-corrected chi connectivity index (χ2v) is 14.2. The number of fused-ring (bicyclic) bond motifs is 2. The third-order valence-electron chi connectivity index (χ3n) is 10.1. The third-order valence-corrected chi connectivity index (χ3v) is 10.1. The fourth-order valence-electron chi connectivity index (χ4n) is 6.88. The first-order valence-corrected chi connectivity index (χ1v) is 19.1. The van der Waals surface area contributed by atoms with Crippen molar-refractivity contribution in [3.05, 3.63) is 47.5 Å². The van der Waals surface area contributed by atoms with E-state index in [9.17, 15) is 47.1 Å². The number of nitrogens with zero attached hydrogens (tertiary/aromatic N) is 3. The summed E-state index contributed by atoms with van der Waals surface area (Å²) in [6.07, 6.45) is 5.74. The van der Waals surface area contributed by atoms with Crippen molar-refractivity contribution in [1.82, 2.24) is 30.7 Å². The van der Waals surface area contributed by atoms with Crippen molar-refractivity contribution >= 4 is 47.4 Å². The number of nitrogens with one attached hydrogen (secondary N) is 3. The van der Waals surface area contributed by atoms with Gasteiger partial charge in [0, 0.05) is 32.6 Å². The number of nitrogens with two attached hydrogens (primary N) is 1. The Labute approximate surface area is 329 Å². The lowest BCUT2D eigenvalue weighted by Crippen LogP contribution is -2.61. The molecule has 3 heterocycles. The van der Waals surface area contributed by atoms with Crippen LogP contribution in [0.1, 0.15) is 64.4 Å². The van der Waals surface area contributed by atoms with Gasteiger partial charge in [0.2, 0.25) is 35.4 Å². The first-order chi connectivity index (χ1) is 27.1. The minimum Gasteiger partial charge on any atom is -0.462 e. The number of amides is 6. The minimum atomic E-state index is -1.63. The smallest absolute Gasteiger partial charge is 0.328 e. The van der Waals surface area contributed by atoms with Crippen LogP contribution in [0.25, 0.3) is 0 Å². The molecule has 1 aromatic rings. The molecule has 0 spiro atoms. The highest BCUT2D eigenvalue weighted by atomic mass is 19.1. The van der Waals surface area contributed by atoms with Crippen LogP contribution < -0.4 is 21.7 Å². The Hall–Kier alpha value is -5.46. The summed E-state index contributed by atoms with van der Waals surface area (Å²) in [4.78, 5) is 111. The largest absolute Gasteiger partial charge is 0.462 e. The highest BCUT2D eigenvalue weighted by Crippen LogP contribution is 2.24. The van der Waals surface area contributed by atoms with Crippen molar-refractivity contribution in [2.24, 2.45) is 5.73 Å². The van der Waals surface area contributed by atoms with Crippen LogP contribution in [-0.2, 0) is 54.3 Å². The number of hydrogen-bond donors (Lipinski definition) is 4. The lowest BCUT2D eigenvalue weighted by molar-refractivity contribution is -0.159. The third kappa shape index (κ3) is 11.8. The van der Waals surface area contributed by atoms with Crippen molar-refractivity contribution in [2.75, 3.05) is 39.9 Å². The highest BCUT2D eigenvalue weighted by molar-refractivity contribution is 5.98. The fraction of sp³-hybridized carbons (Fsp3) is 0.579. The summed E-state index contributed by atoms with van der Waals surface area (Å²) in [7, 11) is 1.35. The Morgan fingerprint density at radius 2 is 1.65 bits per heavy atom. The van der Waals surface area contributed by atoms with Gasteiger partial charge < -0.3 is 45.9 Å². The lowest BCUT2D eigenvalue weighted by Gasteiger charge is -2.34. The second-order valence-electron chi connectivity index (χ2n) is 14.2. The van der Waals surface area contributed by atoms with Gasteiger partial charge in [0.15, 0.2) is 0 Å². The molecule has 0 aliphatic carbocycles. The Bertz CT molecular complexity index is 1710. The predicted octanol–water partition coefficient (Wildman–Crippen LogP) is -0.404. The van der Waals surface area contributed by atoms with E-state index in [4.69, 9.17) is 15.2 Å². The van der Waals surface area contributed by atoms with Crippen LogP contribution in [-0.4, -0.2) is 138 Å². The van der Waals surface area contributed by atoms with Crippen LogP contribution in [0.2, 0.25) is 0 Å². The van der Waals surface area contributed by atoms with Crippen LogP contribution in [0.4, 0.5) is 8.78 Å². The van der Waals surface area contributed by atoms with E-state index < -0.39 is 121 Å². The molecule has 3 aliphatic rings. The molecule has 0 radical (unpaired) electrons. The molecule has 3 aliphatic heterocycles. The second kappa shape index (κ2) is 20.6. The van der Waals surface area contributed by atoms with Crippen molar-refractivity contribution in [3.8, 4) is 0 Å². The molecular formula is C38H51F2N7O10. The number of allylic oxidation sites excluding steroid dienone is 1. The quantitative estimate of drug-likeness (QED) is 0.121. The molecule has 57 heavy (non-hydrogen) atoms. The van der Waals surface area contributed by atoms with Gasteiger partial charge in [0.05, 0.1) is 6.54 Å². The highest BCUT2D eigenvalue weighted by Gasteiger charge is 2.44. The number of rotatable bonds is 12. The average Bonchev–Trinajstić information content (AvgIpc) is 3.88. The van der Waals surface area contributed by atoms with E-state index in [0.717, 1.165) is 34.8 Å². The van der Waals surface area contributed by atoms with Crippen LogP contribution in [0, 0.1) is 11.6 Å². The van der Waals surface area contributed by atoms with Crippen molar-refractivity contribution < 1.29 is 56.6 Å². The molecule has 0 bridgehead atoms. The van der Waals surface area contributed by atoms with Gasteiger partial charge in [-0.05, 0) is 62.8 Å². The van der Waals surface area contributed by atoms with Crippen LogP contribution in [0.5, 0.6) is 0 Å². The number of carbonyl (C=O) groups is 8. The standard InChI is InChI=1S/C38H51F2N7O10/c1-4-5-6-7-12-31(48)42-26(17-23-15-24(39)18-25(40)16-23)34(51)44-28-21-57-38(55)30-11-9-14-47(30)36(53)27(20-56-32(49)19-41)43-33(50)22(2)45(3)37(54)29-10-8-13-46(29)35(28)52/h7,12,15-16,18,22,26-30H,4-6,8-11,13-14,17,19-21,41H2,1-3H3,(H,42,48)(H,43,50)(H,44,51)/b12-7+/t22-,26-,27-,28-,29-,30-/m0/s1. The normalized spacial score (nSPS) is 24.1. The maximum absolute atomic E-state index is 14.3. The first kappa shape index (κ1) is 44.3. The zero-order valence-electron chi connectivity index (χ0n) is 32.3. The van der Waals surface area contributed by atoms with Gasteiger partial charge in [-0.2, -0.15) is 0 Å². The van der Waals surface area contributed by atoms with Crippen molar-refractivity contribution in [3.63, 3.8) is 0 Å². The molecule has 1 aromatic carbocycles. The Morgan fingerprint density at radius 1 is 1.00 bits per heavy atom. The summed E-state index contributed by atoms with van der Waals surface area (Å²) in [5.74, 6) is -8.29. The molecule has 5 N–H and O–H groups in total. The number of halogens is 2. The van der Waals surface area contributed by atoms with E-state index in [1.54, 1.807) is 6.08 Å². The van der Waals surface area contributed by atoms with Gasteiger partial charge in [-0.25, -0.2) is 13.6 Å². The van der Waals surface area contributed by atoms with Crippen molar-refractivity contribution in [1.29, 1.82) is 0 Å². The van der Waals surface area contributed by atoms with Crippen LogP contribution in [0.3, 0.4) is 0 Å². The number of ether oxygens (including phenoxy) is 2. The number of esters is 2. The molecule has 3 fully saturated rings. The van der Waals surface area contributed by atoms with Gasteiger partial charge in [-0.1, -0.05) is 25.8 Å². The maximum Gasteiger partial charge on any atom is 0.328 e. The number of cyclic esters (lactones) is 1. The molecule has 0 unspecified atom stereocenters. The van der Waals surface area contributed by atoms with Gasteiger partial charge in [0.25, 0.3) is 0 Å². The number of hydrogen-bond acceptors (Lipinski definition) is 11. The van der Waals surface area contributed by atoms with E-state index in [1.807, 2.05) is 6.92 Å². The molecule has 17 nitrogen and oxygen atoms in total. The summed E-state index contributed by atoms with van der Waals surface area (Å²) in [6, 6.07) is -5.42. The molecule has 6 atom stereocenters. The van der Waals surface area contributed by atoms with E-state index >= 15 is 0 Å². The van der Waals surface area contributed by atoms with E-state index in [-0.39, 0.29) is 31.5 Å². The van der Waals surface area contributed by atoms with Gasteiger partial charge in [-0.3, -0.25) is 33.6 Å². The van der Waals surface area contributed by atoms with Crippen LogP contribution >= 0.6 is 0 Å². The number of benzene rings is 1. The van der Waals surface area contributed by atoms with Crippen LogP contribution in [0.15, 0.2) is 30.4 Å². The van der Waals surface area contributed by atoms with Gasteiger partial charge in [-0.15, -0.1) is 0 Å². The lowest BCUT2D eigenvalue weighted by atomic mass is 10.0. The SMILES string of the molecule is CCCC/C=C/C(=O)N[C@@H](Cc1cc(F)cc(F)c1)C(=O)N[C@H]1COC(=O)[C@@H]2CCCN2C(=O)[C@H](COC(=O)CN)NC(=O)[C@H](C)N(C)C(=O)[C@@H]2CCCN2C1=O. The Balaban J connectivity index is 1.68. The topological polar surface area (TPSA) is 227 Å².